The lowest BCUT2D eigenvalue weighted by Crippen LogP contribution is -2.00. The first-order chi connectivity index (χ1) is 5.57. The predicted molar refractivity (Wildman–Crippen MR) is 40.4 cm³/mol. The van der Waals surface area contributed by atoms with Gasteiger partial charge in [-0.1, -0.05) is 6.92 Å². The first kappa shape index (κ1) is 9.10. The molecule has 0 atom stereocenters. The number of benzene rings is 1. The van der Waals surface area contributed by atoms with Gasteiger partial charge in [-0.15, -0.1) is 0 Å². The quantitative estimate of drug-likeness (QED) is 0.574. The summed E-state index contributed by atoms with van der Waals surface area (Å²) in [6.45, 7) is 3.00. The highest BCUT2D eigenvalue weighted by atomic mass is 19.2. The van der Waals surface area contributed by atoms with Crippen LogP contribution in [0.15, 0.2) is 6.07 Å². The minimum atomic E-state index is -1.07. The highest BCUT2D eigenvalue weighted by Crippen LogP contribution is 2.19. The smallest absolute Gasteiger partial charge is 0.164 e. The average Bonchev–Trinajstić information content (AvgIpc) is 2.02. The first-order valence-electron chi connectivity index (χ1n) is 3.70. The van der Waals surface area contributed by atoms with Crippen LogP contribution < -0.4 is 0 Å². The molecule has 0 heterocycles. The van der Waals surface area contributed by atoms with E-state index in [1.54, 1.807) is 6.92 Å². The van der Waals surface area contributed by atoms with Crippen molar-refractivity contribution in [2.45, 2.75) is 20.3 Å². The molecular formula is C9H9F3. The molecule has 1 rings (SSSR count). The summed E-state index contributed by atoms with van der Waals surface area (Å²) in [4.78, 5) is 0. The zero-order chi connectivity index (χ0) is 9.30. The molecule has 0 radical (unpaired) electrons. The topological polar surface area (TPSA) is 0 Å². The number of hydrogen-bond acceptors (Lipinski definition) is 0. The molecule has 0 aromatic heterocycles. The van der Waals surface area contributed by atoms with E-state index in [1.807, 2.05) is 0 Å². The lowest BCUT2D eigenvalue weighted by Gasteiger charge is -2.05. The van der Waals surface area contributed by atoms with Crippen molar-refractivity contribution in [1.82, 2.24) is 0 Å². The molecule has 3 heteroatoms. The van der Waals surface area contributed by atoms with Gasteiger partial charge >= 0.3 is 0 Å². The van der Waals surface area contributed by atoms with Crippen LogP contribution in [0.3, 0.4) is 0 Å². The van der Waals surface area contributed by atoms with Crippen molar-refractivity contribution in [3.8, 4) is 0 Å². The van der Waals surface area contributed by atoms with Crippen molar-refractivity contribution < 1.29 is 13.2 Å². The van der Waals surface area contributed by atoms with Gasteiger partial charge in [-0.2, -0.15) is 0 Å². The van der Waals surface area contributed by atoms with E-state index >= 15 is 0 Å². The third-order valence-electron chi connectivity index (χ3n) is 1.78. The van der Waals surface area contributed by atoms with Crippen LogP contribution in [-0.4, -0.2) is 0 Å². The van der Waals surface area contributed by atoms with E-state index in [2.05, 4.69) is 0 Å². The summed E-state index contributed by atoms with van der Waals surface area (Å²) < 4.78 is 38.5. The van der Waals surface area contributed by atoms with E-state index in [4.69, 9.17) is 0 Å². The Hall–Kier alpha value is -0.990. The lowest BCUT2D eigenvalue weighted by molar-refractivity contribution is 0.478. The second-order valence-corrected chi connectivity index (χ2v) is 2.64. The molecule has 0 bridgehead atoms. The Balaban J connectivity index is 3.42. The molecule has 0 saturated heterocycles. The van der Waals surface area contributed by atoms with E-state index in [0.717, 1.165) is 6.07 Å². The Kier molecular flexibility index (Phi) is 2.40. The molecule has 0 unspecified atom stereocenters. The summed E-state index contributed by atoms with van der Waals surface area (Å²) in [5.41, 5.74) is -0.0294. The normalized spacial score (nSPS) is 10.4. The molecule has 1 aromatic rings. The van der Waals surface area contributed by atoms with Crippen molar-refractivity contribution in [3.05, 3.63) is 34.6 Å². The second-order valence-electron chi connectivity index (χ2n) is 2.64. The minimum Gasteiger partial charge on any atom is -0.206 e. The van der Waals surface area contributed by atoms with E-state index in [0.29, 0.717) is 0 Å². The predicted octanol–water partition coefficient (Wildman–Crippen LogP) is 2.97. The number of rotatable bonds is 1. The van der Waals surface area contributed by atoms with Crippen LogP contribution in [0.1, 0.15) is 18.1 Å². The fraction of sp³-hybridized carbons (Fsp3) is 0.333. The second kappa shape index (κ2) is 3.17. The van der Waals surface area contributed by atoms with Crippen molar-refractivity contribution in [3.63, 3.8) is 0 Å². The van der Waals surface area contributed by atoms with Gasteiger partial charge in [0.15, 0.2) is 11.6 Å². The lowest BCUT2D eigenvalue weighted by atomic mass is 10.1. The van der Waals surface area contributed by atoms with E-state index in [-0.39, 0.29) is 17.5 Å². The fourth-order valence-corrected chi connectivity index (χ4v) is 1.11. The van der Waals surface area contributed by atoms with Gasteiger partial charge in [-0.3, -0.25) is 0 Å². The molecule has 0 amide bonds. The highest BCUT2D eigenvalue weighted by molar-refractivity contribution is 5.27. The molecule has 0 aliphatic carbocycles. The van der Waals surface area contributed by atoms with Gasteiger partial charge in [-0.25, -0.2) is 13.2 Å². The van der Waals surface area contributed by atoms with Gasteiger partial charge in [0.1, 0.15) is 5.82 Å². The highest BCUT2D eigenvalue weighted by Gasteiger charge is 2.14. The largest absolute Gasteiger partial charge is 0.206 e. The van der Waals surface area contributed by atoms with E-state index in [9.17, 15) is 13.2 Å². The zero-order valence-corrected chi connectivity index (χ0v) is 6.92. The summed E-state index contributed by atoms with van der Waals surface area (Å²) in [5, 5.41) is 0. The van der Waals surface area contributed by atoms with Crippen LogP contribution in [0.5, 0.6) is 0 Å². The molecule has 12 heavy (non-hydrogen) atoms. The number of aryl methyl sites for hydroxylation is 1. The standard InChI is InChI=1S/C9H9F3/c1-3-6-8(11)5(2)4-7(10)9(6)12/h4H,3H2,1-2H3. The molecule has 0 spiro atoms. The summed E-state index contributed by atoms with van der Waals surface area (Å²) in [7, 11) is 0. The van der Waals surface area contributed by atoms with Crippen LogP contribution in [0.4, 0.5) is 13.2 Å². The number of halogens is 3. The Morgan fingerprint density at radius 3 is 2.25 bits per heavy atom. The summed E-state index contributed by atoms with van der Waals surface area (Å²) in [5.74, 6) is -2.69. The van der Waals surface area contributed by atoms with Gasteiger partial charge in [0.05, 0.1) is 0 Å². The van der Waals surface area contributed by atoms with Crippen molar-refractivity contribution >= 4 is 0 Å². The number of hydrogen-bond donors (Lipinski definition) is 0. The summed E-state index contributed by atoms with van der Waals surface area (Å²) >= 11 is 0. The summed E-state index contributed by atoms with van der Waals surface area (Å²) in [6, 6.07) is 0.865. The van der Waals surface area contributed by atoms with Gasteiger partial charge in [-0.05, 0) is 25.0 Å². The Morgan fingerprint density at radius 2 is 1.75 bits per heavy atom. The molecule has 0 saturated carbocycles. The Bertz CT molecular complexity index is 279. The van der Waals surface area contributed by atoms with Crippen LogP contribution in [-0.2, 0) is 6.42 Å². The average molecular weight is 174 g/mol. The van der Waals surface area contributed by atoms with Gasteiger partial charge in [0.2, 0.25) is 0 Å². The third-order valence-corrected chi connectivity index (χ3v) is 1.78. The maximum absolute atomic E-state index is 13.0. The van der Waals surface area contributed by atoms with Crippen molar-refractivity contribution in [2.24, 2.45) is 0 Å². The molecule has 0 nitrogen and oxygen atoms in total. The maximum Gasteiger partial charge on any atom is 0.164 e. The SMILES string of the molecule is CCc1c(F)c(C)cc(F)c1F. The molecule has 0 aliphatic rings. The third kappa shape index (κ3) is 1.31. The first-order valence-corrected chi connectivity index (χ1v) is 3.70. The van der Waals surface area contributed by atoms with Crippen LogP contribution >= 0.6 is 0 Å². The van der Waals surface area contributed by atoms with E-state index in [1.165, 1.54) is 6.92 Å². The van der Waals surface area contributed by atoms with Crippen LogP contribution in [0.25, 0.3) is 0 Å². The molecule has 66 valence electrons. The Morgan fingerprint density at radius 1 is 1.17 bits per heavy atom. The minimum absolute atomic E-state index is 0.144. The zero-order valence-electron chi connectivity index (χ0n) is 6.92. The van der Waals surface area contributed by atoms with Gasteiger partial charge in [0, 0.05) is 5.56 Å². The van der Waals surface area contributed by atoms with Crippen LogP contribution in [0, 0.1) is 24.4 Å². The Labute approximate surface area is 69.0 Å². The van der Waals surface area contributed by atoms with E-state index < -0.39 is 17.5 Å². The molecule has 0 aliphatic heterocycles. The summed E-state index contributed by atoms with van der Waals surface area (Å²) in [6.07, 6.45) is 0.163. The molecular weight excluding hydrogens is 165 g/mol. The van der Waals surface area contributed by atoms with Crippen LogP contribution in [0.2, 0.25) is 0 Å². The molecule has 0 fully saturated rings. The van der Waals surface area contributed by atoms with Crippen molar-refractivity contribution in [2.75, 3.05) is 0 Å². The monoisotopic (exact) mass is 174 g/mol. The molecule has 0 N–H and O–H groups in total. The molecule has 1 aromatic carbocycles. The fourth-order valence-electron chi connectivity index (χ4n) is 1.11. The maximum atomic E-state index is 13.0. The van der Waals surface area contributed by atoms with Crippen molar-refractivity contribution in [1.29, 1.82) is 0 Å². The van der Waals surface area contributed by atoms with Gasteiger partial charge in [0.25, 0.3) is 0 Å². The van der Waals surface area contributed by atoms with Gasteiger partial charge < -0.3 is 0 Å².